The molecule has 0 atom stereocenters. The number of benzene rings is 2. The summed E-state index contributed by atoms with van der Waals surface area (Å²) in [7, 11) is 0. The van der Waals surface area contributed by atoms with Gasteiger partial charge >= 0.3 is 0 Å². The Labute approximate surface area is 184 Å². The predicted octanol–water partition coefficient (Wildman–Crippen LogP) is 3.46. The van der Waals surface area contributed by atoms with Crippen molar-refractivity contribution < 1.29 is 18.3 Å². The Morgan fingerprint density at radius 2 is 1.53 bits per heavy atom. The number of carbonyl (C=O) groups excluding carboxylic acids is 1. The highest BCUT2D eigenvalue weighted by Gasteiger charge is 2.29. The summed E-state index contributed by atoms with van der Waals surface area (Å²) in [5.41, 5.74) is 3.00. The van der Waals surface area contributed by atoms with Gasteiger partial charge in [-0.05, 0) is 48.5 Å². The van der Waals surface area contributed by atoms with E-state index in [2.05, 4.69) is 4.90 Å². The maximum Gasteiger partial charge on any atom is 0.254 e. The maximum absolute atomic E-state index is 13.4. The smallest absolute Gasteiger partial charge is 0.254 e. The van der Waals surface area contributed by atoms with E-state index in [9.17, 15) is 13.6 Å². The van der Waals surface area contributed by atoms with E-state index in [-0.39, 0.29) is 17.5 Å². The van der Waals surface area contributed by atoms with Crippen molar-refractivity contribution in [2.45, 2.75) is 13.0 Å². The van der Waals surface area contributed by atoms with E-state index in [4.69, 9.17) is 14.7 Å². The van der Waals surface area contributed by atoms with E-state index in [1.807, 2.05) is 0 Å². The third-order valence-corrected chi connectivity index (χ3v) is 5.83. The van der Waals surface area contributed by atoms with Crippen molar-refractivity contribution in [2.24, 2.45) is 0 Å². The molecule has 32 heavy (non-hydrogen) atoms. The Bertz CT molecular complexity index is 1130. The molecule has 1 fully saturated rings. The highest BCUT2D eigenvalue weighted by Crippen LogP contribution is 2.31. The number of carbonyl (C=O) groups is 1. The van der Waals surface area contributed by atoms with E-state index in [1.165, 1.54) is 36.4 Å². The molecule has 0 aliphatic carbocycles. The molecule has 0 spiro atoms. The van der Waals surface area contributed by atoms with Gasteiger partial charge in [-0.2, -0.15) is 0 Å². The molecule has 1 aromatic heterocycles. The molecule has 6 nitrogen and oxygen atoms in total. The summed E-state index contributed by atoms with van der Waals surface area (Å²) in [6.07, 6.45) is 0.580. The third-order valence-electron chi connectivity index (χ3n) is 5.83. The molecule has 0 unspecified atom stereocenters. The molecule has 2 aromatic carbocycles. The fourth-order valence-electron chi connectivity index (χ4n) is 4.11. The van der Waals surface area contributed by atoms with Crippen LogP contribution in [0, 0.1) is 11.6 Å². The van der Waals surface area contributed by atoms with Crippen molar-refractivity contribution in [3.05, 3.63) is 77.0 Å². The quantitative estimate of drug-likeness (QED) is 0.630. The third kappa shape index (κ3) is 4.05. The number of hydrogen-bond acceptors (Lipinski definition) is 5. The molecule has 0 saturated carbocycles. The number of ether oxygens (including phenoxy) is 1. The second-order valence-corrected chi connectivity index (χ2v) is 7.89. The average molecular weight is 436 g/mol. The lowest BCUT2D eigenvalue weighted by Gasteiger charge is -2.34. The van der Waals surface area contributed by atoms with Crippen LogP contribution in [0.2, 0.25) is 0 Å². The molecule has 1 amide bonds. The molecular weight excluding hydrogens is 414 g/mol. The van der Waals surface area contributed by atoms with Gasteiger partial charge in [0.25, 0.3) is 5.91 Å². The Balaban J connectivity index is 1.51. The largest absolute Gasteiger partial charge is 0.378 e. The van der Waals surface area contributed by atoms with E-state index in [1.54, 1.807) is 17.0 Å². The number of anilines is 1. The van der Waals surface area contributed by atoms with Gasteiger partial charge in [-0.25, -0.2) is 18.7 Å². The molecule has 0 radical (unpaired) electrons. The van der Waals surface area contributed by atoms with Crippen LogP contribution in [0.15, 0.2) is 48.5 Å². The van der Waals surface area contributed by atoms with Crippen LogP contribution in [0.5, 0.6) is 0 Å². The van der Waals surface area contributed by atoms with Gasteiger partial charge in [-0.3, -0.25) is 4.79 Å². The molecule has 5 rings (SSSR count). The monoisotopic (exact) mass is 436 g/mol. The first-order chi connectivity index (χ1) is 15.6. The van der Waals surface area contributed by atoms with E-state index in [0.717, 1.165) is 22.6 Å². The molecule has 2 aliphatic heterocycles. The van der Waals surface area contributed by atoms with Crippen LogP contribution in [-0.4, -0.2) is 53.6 Å². The first-order valence-electron chi connectivity index (χ1n) is 10.6. The van der Waals surface area contributed by atoms with Crippen molar-refractivity contribution in [2.75, 3.05) is 37.7 Å². The molecule has 1 saturated heterocycles. The van der Waals surface area contributed by atoms with Gasteiger partial charge in [0, 0.05) is 42.7 Å². The standard InChI is InChI=1S/C24H22F2N4O2/c25-18-5-1-16(2-6-18)22-27-21-9-10-30(24(31)17-3-7-19(26)8-4-17)15-20(21)23(28-22)29-11-13-32-14-12-29/h1-8H,9-15H2. The molecule has 2 aliphatic rings. The molecule has 0 bridgehead atoms. The Morgan fingerprint density at radius 1 is 0.875 bits per heavy atom. The first kappa shape index (κ1) is 20.5. The number of morpholine rings is 1. The minimum atomic E-state index is -0.373. The van der Waals surface area contributed by atoms with Gasteiger partial charge in [-0.15, -0.1) is 0 Å². The molecule has 3 heterocycles. The summed E-state index contributed by atoms with van der Waals surface area (Å²) in [6, 6.07) is 11.7. The fraction of sp³-hybridized carbons (Fsp3) is 0.292. The zero-order chi connectivity index (χ0) is 22.1. The summed E-state index contributed by atoms with van der Waals surface area (Å²) in [5.74, 6) is 0.501. The van der Waals surface area contributed by atoms with Gasteiger partial charge in [-0.1, -0.05) is 0 Å². The Hall–Kier alpha value is -3.39. The summed E-state index contributed by atoms with van der Waals surface area (Å²) in [5, 5.41) is 0. The highest BCUT2D eigenvalue weighted by atomic mass is 19.1. The van der Waals surface area contributed by atoms with Gasteiger partial charge < -0.3 is 14.5 Å². The number of nitrogens with zero attached hydrogens (tertiary/aromatic N) is 4. The molecule has 0 N–H and O–H groups in total. The minimum absolute atomic E-state index is 0.147. The van der Waals surface area contributed by atoms with Crippen LogP contribution in [-0.2, 0) is 17.7 Å². The van der Waals surface area contributed by atoms with Crippen LogP contribution in [0.25, 0.3) is 11.4 Å². The van der Waals surface area contributed by atoms with Crippen LogP contribution in [0.3, 0.4) is 0 Å². The Morgan fingerprint density at radius 3 is 2.22 bits per heavy atom. The summed E-state index contributed by atoms with van der Waals surface area (Å²) in [4.78, 5) is 26.5. The van der Waals surface area contributed by atoms with Gasteiger partial charge in [0.1, 0.15) is 17.5 Å². The normalized spacial score (nSPS) is 16.1. The number of aromatic nitrogens is 2. The van der Waals surface area contributed by atoms with Crippen LogP contribution < -0.4 is 4.90 Å². The lowest BCUT2D eigenvalue weighted by atomic mass is 10.0. The number of fused-ring (bicyclic) bond motifs is 1. The predicted molar refractivity (Wildman–Crippen MR) is 115 cm³/mol. The molecule has 8 heteroatoms. The maximum atomic E-state index is 13.4. The van der Waals surface area contributed by atoms with Gasteiger partial charge in [0.05, 0.1) is 25.5 Å². The first-order valence-corrected chi connectivity index (χ1v) is 10.6. The molecular formula is C24H22F2N4O2. The lowest BCUT2D eigenvalue weighted by Crippen LogP contribution is -2.41. The average Bonchev–Trinajstić information content (AvgIpc) is 2.84. The van der Waals surface area contributed by atoms with E-state index < -0.39 is 0 Å². The summed E-state index contributed by atoms with van der Waals surface area (Å²) >= 11 is 0. The zero-order valence-corrected chi connectivity index (χ0v) is 17.4. The van der Waals surface area contributed by atoms with Crippen molar-refractivity contribution in [3.8, 4) is 11.4 Å². The number of amides is 1. The number of rotatable bonds is 3. The highest BCUT2D eigenvalue weighted by molar-refractivity contribution is 5.94. The van der Waals surface area contributed by atoms with Crippen molar-refractivity contribution in [3.63, 3.8) is 0 Å². The fourth-order valence-corrected chi connectivity index (χ4v) is 4.11. The number of halogens is 2. The van der Waals surface area contributed by atoms with Crippen molar-refractivity contribution in [1.82, 2.24) is 14.9 Å². The summed E-state index contributed by atoms with van der Waals surface area (Å²) in [6.45, 7) is 3.47. The zero-order valence-electron chi connectivity index (χ0n) is 17.4. The second kappa shape index (κ2) is 8.63. The van der Waals surface area contributed by atoms with Crippen LogP contribution in [0.1, 0.15) is 21.6 Å². The van der Waals surface area contributed by atoms with Crippen LogP contribution in [0.4, 0.5) is 14.6 Å². The topological polar surface area (TPSA) is 58.6 Å². The lowest BCUT2D eigenvalue weighted by molar-refractivity contribution is 0.0733. The second-order valence-electron chi connectivity index (χ2n) is 7.89. The Kier molecular flexibility index (Phi) is 5.53. The van der Waals surface area contributed by atoms with E-state index >= 15 is 0 Å². The molecule has 164 valence electrons. The van der Waals surface area contributed by atoms with Gasteiger partial charge in [0.2, 0.25) is 0 Å². The van der Waals surface area contributed by atoms with Crippen LogP contribution >= 0.6 is 0 Å². The van der Waals surface area contributed by atoms with Crippen molar-refractivity contribution >= 4 is 11.7 Å². The summed E-state index contributed by atoms with van der Waals surface area (Å²) < 4.78 is 32.2. The SMILES string of the molecule is O=C(c1ccc(F)cc1)N1CCc2nc(-c3ccc(F)cc3)nc(N3CCOCC3)c2C1. The van der Waals surface area contributed by atoms with Crippen molar-refractivity contribution in [1.29, 1.82) is 0 Å². The van der Waals surface area contributed by atoms with Gasteiger partial charge in [0.15, 0.2) is 5.82 Å². The molecule has 3 aromatic rings. The minimum Gasteiger partial charge on any atom is -0.378 e. The van der Waals surface area contributed by atoms with E-state index in [0.29, 0.717) is 57.2 Å². The number of hydrogen-bond donors (Lipinski definition) is 0.